The maximum absolute atomic E-state index is 13.9. The number of hydrogen-bond acceptors (Lipinski definition) is 11. The first kappa shape index (κ1) is 24.8. The largest absolute Gasteiger partial charge is 0.391 e. The number of hydrogen-bond donors (Lipinski definition) is 2. The molecule has 1 fully saturated rings. The number of benzene rings is 1. The number of piperazine rings is 1. The molecule has 0 bridgehead atoms. The molecular weight excluding hydrogens is 495 g/mol. The Morgan fingerprint density at radius 3 is 2.41 bits per heavy atom. The summed E-state index contributed by atoms with van der Waals surface area (Å²) in [6.07, 6.45) is 6.14. The third-order valence-corrected chi connectivity index (χ3v) is 6.87. The number of halogens is 1. The van der Waals surface area contributed by atoms with Crippen LogP contribution in [0.4, 0.5) is 27.9 Å². The molecule has 0 amide bonds. The molecule has 0 radical (unpaired) electrons. The van der Waals surface area contributed by atoms with E-state index in [9.17, 15) is 9.50 Å². The van der Waals surface area contributed by atoms with E-state index in [1.54, 1.807) is 48.4 Å². The van der Waals surface area contributed by atoms with Gasteiger partial charge in [-0.2, -0.15) is 10.1 Å². The van der Waals surface area contributed by atoms with Crippen molar-refractivity contribution in [3.63, 3.8) is 0 Å². The average Bonchev–Trinajstić information content (AvgIpc) is 3.24. The third-order valence-electron chi connectivity index (χ3n) is 5.87. The molecule has 3 aromatic heterocycles. The molecule has 0 unspecified atom stereocenters. The van der Waals surface area contributed by atoms with E-state index < -0.39 is 6.10 Å². The molecule has 1 saturated heterocycles. The Bertz CT molecular complexity index is 1340. The van der Waals surface area contributed by atoms with Crippen LogP contribution < -0.4 is 15.1 Å². The van der Waals surface area contributed by atoms with Crippen LogP contribution in [-0.4, -0.2) is 72.1 Å². The van der Waals surface area contributed by atoms with E-state index in [1.807, 2.05) is 6.92 Å². The monoisotopic (exact) mass is 522 g/mol. The summed E-state index contributed by atoms with van der Waals surface area (Å²) in [6.45, 7) is 6.87. The summed E-state index contributed by atoms with van der Waals surface area (Å²) in [5.74, 6) is 1.40. The van der Waals surface area contributed by atoms with Gasteiger partial charge in [-0.05, 0) is 26.0 Å². The minimum Gasteiger partial charge on any atom is -0.391 e. The second-order valence-electron chi connectivity index (χ2n) is 8.63. The van der Waals surface area contributed by atoms with Crippen LogP contribution in [0.25, 0.3) is 0 Å². The zero-order chi connectivity index (χ0) is 25.8. The fraction of sp³-hybridized carbons (Fsp3) is 0.333. The SMILES string of the molecule is Cc1c(Nc2ncnc(N3CCN(c4ncc(Sc5ccccc5F)cn4)CC3)n2)cnn1C[C@H](C)O. The molecule has 1 aliphatic heterocycles. The highest BCUT2D eigenvalue weighted by Gasteiger charge is 2.21. The number of aromatic nitrogens is 7. The Kier molecular flexibility index (Phi) is 7.42. The predicted octanol–water partition coefficient (Wildman–Crippen LogP) is 2.91. The number of aliphatic hydroxyl groups excluding tert-OH is 1. The highest BCUT2D eigenvalue weighted by atomic mass is 32.2. The quantitative estimate of drug-likeness (QED) is 0.355. The Labute approximate surface area is 217 Å². The van der Waals surface area contributed by atoms with E-state index in [0.29, 0.717) is 55.5 Å². The summed E-state index contributed by atoms with van der Waals surface area (Å²) in [6, 6.07) is 6.65. The van der Waals surface area contributed by atoms with Gasteiger partial charge < -0.3 is 20.2 Å². The molecule has 0 aliphatic carbocycles. The lowest BCUT2D eigenvalue weighted by Gasteiger charge is -2.34. The Balaban J connectivity index is 1.18. The fourth-order valence-electron chi connectivity index (χ4n) is 3.91. The molecule has 0 saturated carbocycles. The molecule has 1 atom stereocenters. The highest BCUT2D eigenvalue weighted by molar-refractivity contribution is 7.99. The summed E-state index contributed by atoms with van der Waals surface area (Å²) in [4.78, 5) is 27.7. The Morgan fingerprint density at radius 1 is 1.00 bits per heavy atom. The first-order valence-corrected chi connectivity index (χ1v) is 12.7. The minimum atomic E-state index is -0.491. The lowest BCUT2D eigenvalue weighted by Crippen LogP contribution is -2.47. The van der Waals surface area contributed by atoms with Crippen LogP contribution >= 0.6 is 11.8 Å². The number of anilines is 4. The van der Waals surface area contributed by atoms with Crippen LogP contribution in [0.15, 0.2) is 59.0 Å². The number of nitrogens with one attached hydrogen (secondary N) is 1. The Morgan fingerprint density at radius 2 is 1.70 bits per heavy atom. The van der Waals surface area contributed by atoms with Crippen molar-refractivity contribution >= 4 is 35.3 Å². The molecule has 13 heteroatoms. The van der Waals surface area contributed by atoms with Crippen molar-refractivity contribution in [2.45, 2.75) is 36.3 Å². The molecular formula is C24H27FN10OS. The van der Waals surface area contributed by atoms with Gasteiger partial charge in [-0.25, -0.2) is 24.3 Å². The molecule has 4 heterocycles. The minimum absolute atomic E-state index is 0.258. The standard InChI is InChI=1S/C24H27FN10OS/c1-16(36)14-35-17(2)20(13-30-35)31-22-28-15-29-24(32-22)34-9-7-33(8-10-34)23-26-11-18(12-27-23)37-21-6-4-3-5-19(21)25/h3-6,11-13,15-16,36H,7-10,14H2,1-2H3,(H,28,29,31,32)/t16-/m0/s1. The van der Waals surface area contributed by atoms with Crippen LogP contribution in [-0.2, 0) is 6.54 Å². The second-order valence-corrected chi connectivity index (χ2v) is 9.75. The molecule has 37 heavy (non-hydrogen) atoms. The fourth-order valence-corrected chi connectivity index (χ4v) is 4.69. The third kappa shape index (κ3) is 5.94. The smallest absolute Gasteiger partial charge is 0.232 e. The van der Waals surface area contributed by atoms with Crippen molar-refractivity contribution < 1.29 is 9.50 Å². The van der Waals surface area contributed by atoms with E-state index in [-0.39, 0.29) is 5.82 Å². The van der Waals surface area contributed by atoms with E-state index in [4.69, 9.17) is 0 Å². The van der Waals surface area contributed by atoms with Crippen LogP contribution in [0.2, 0.25) is 0 Å². The van der Waals surface area contributed by atoms with E-state index in [2.05, 4.69) is 45.1 Å². The van der Waals surface area contributed by atoms with E-state index >= 15 is 0 Å². The number of aliphatic hydroxyl groups is 1. The van der Waals surface area contributed by atoms with Crippen LogP contribution in [0.1, 0.15) is 12.6 Å². The lowest BCUT2D eigenvalue weighted by molar-refractivity contribution is 0.167. The lowest BCUT2D eigenvalue weighted by atomic mass is 10.3. The average molecular weight is 523 g/mol. The van der Waals surface area contributed by atoms with Crippen LogP contribution in [0.5, 0.6) is 0 Å². The van der Waals surface area contributed by atoms with Gasteiger partial charge in [0.2, 0.25) is 17.8 Å². The van der Waals surface area contributed by atoms with Gasteiger partial charge >= 0.3 is 0 Å². The zero-order valence-electron chi connectivity index (χ0n) is 20.5. The first-order chi connectivity index (χ1) is 18.0. The van der Waals surface area contributed by atoms with E-state index in [1.165, 1.54) is 24.2 Å². The van der Waals surface area contributed by atoms with E-state index in [0.717, 1.165) is 16.3 Å². The first-order valence-electron chi connectivity index (χ1n) is 11.9. The van der Waals surface area contributed by atoms with Crippen molar-refractivity contribution in [1.82, 2.24) is 34.7 Å². The topological polar surface area (TPSA) is 121 Å². The molecule has 1 aromatic carbocycles. The van der Waals surface area contributed by atoms with Crippen molar-refractivity contribution in [3.05, 3.63) is 60.7 Å². The van der Waals surface area contributed by atoms with Gasteiger partial charge in [0.15, 0.2) is 0 Å². The second kappa shape index (κ2) is 11.0. The summed E-state index contributed by atoms with van der Waals surface area (Å²) >= 11 is 1.30. The van der Waals surface area contributed by atoms with Gasteiger partial charge in [-0.1, -0.05) is 23.9 Å². The molecule has 1 aliphatic rings. The van der Waals surface area contributed by atoms with Gasteiger partial charge in [-0.3, -0.25) is 4.68 Å². The van der Waals surface area contributed by atoms with Crippen LogP contribution in [0.3, 0.4) is 0 Å². The summed E-state index contributed by atoms with van der Waals surface area (Å²) in [5, 5.41) is 17.1. The Hall–Kier alpha value is -3.84. The summed E-state index contributed by atoms with van der Waals surface area (Å²) in [5.41, 5.74) is 1.66. The van der Waals surface area contributed by atoms with Crippen LogP contribution in [0, 0.1) is 12.7 Å². The van der Waals surface area contributed by atoms with Gasteiger partial charge in [0.05, 0.1) is 30.2 Å². The number of nitrogens with zero attached hydrogens (tertiary/aromatic N) is 9. The molecule has 11 nitrogen and oxygen atoms in total. The maximum Gasteiger partial charge on any atom is 0.232 e. The van der Waals surface area contributed by atoms with Crippen molar-refractivity contribution in [2.75, 3.05) is 41.3 Å². The molecule has 5 rings (SSSR count). The molecule has 4 aromatic rings. The molecule has 192 valence electrons. The predicted molar refractivity (Wildman–Crippen MR) is 139 cm³/mol. The zero-order valence-corrected chi connectivity index (χ0v) is 21.3. The highest BCUT2D eigenvalue weighted by Crippen LogP contribution is 2.29. The molecule has 2 N–H and O–H groups in total. The normalized spacial score (nSPS) is 14.6. The van der Waals surface area contributed by atoms with Crippen molar-refractivity contribution in [3.8, 4) is 0 Å². The van der Waals surface area contributed by atoms with Gasteiger partial charge in [0, 0.05) is 48.4 Å². The van der Waals surface area contributed by atoms with Crippen molar-refractivity contribution in [2.24, 2.45) is 0 Å². The summed E-state index contributed by atoms with van der Waals surface area (Å²) in [7, 11) is 0. The van der Waals surface area contributed by atoms with Gasteiger partial charge in [0.1, 0.15) is 12.1 Å². The van der Waals surface area contributed by atoms with Crippen molar-refractivity contribution in [1.29, 1.82) is 0 Å². The summed E-state index contributed by atoms with van der Waals surface area (Å²) < 4.78 is 15.6. The van der Waals surface area contributed by atoms with Gasteiger partial charge in [-0.15, -0.1) is 0 Å². The number of rotatable bonds is 8. The maximum atomic E-state index is 13.9. The molecule has 0 spiro atoms. The van der Waals surface area contributed by atoms with Gasteiger partial charge in [0.25, 0.3) is 0 Å².